The summed E-state index contributed by atoms with van der Waals surface area (Å²) in [5.41, 5.74) is 1.10. The first-order chi connectivity index (χ1) is 16.6. The van der Waals surface area contributed by atoms with Gasteiger partial charge in [-0.15, -0.1) is 13.2 Å². The Morgan fingerprint density at radius 2 is 1.97 bits per heavy atom. The number of hydrogen-bond acceptors (Lipinski definition) is 5. The molecule has 5 rings (SSSR count). The Labute approximate surface area is 197 Å². The number of ether oxygens (including phenoxy) is 1. The molecule has 1 unspecified atom stereocenters. The van der Waals surface area contributed by atoms with Gasteiger partial charge < -0.3 is 19.5 Å². The number of halogens is 3. The van der Waals surface area contributed by atoms with Crippen molar-refractivity contribution in [3.63, 3.8) is 0 Å². The summed E-state index contributed by atoms with van der Waals surface area (Å²) in [6.07, 6.45) is -0.400. The molecule has 11 heteroatoms. The number of piperidine rings is 1. The highest BCUT2D eigenvalue weighted by atomic mass is 19.4. The van der Waals surface area contributed by atoms with Gasteiger partial charge in [-0.25, -0.2) is 4.98 Å². The number of benzene rings is 1. The summed E-state index contributed by atoms with van der Waals surface area (Å²) in [5, 5.41) is 3.25. The number of rotatable bonds is 6. The van der Waals surface area contributed by atoms with Crippen molar-refractivity contribution in [3.8, 4) is 5.75 Å². The van der Waals surface area contributed by atoms with Crippen molar-refractivity contribution in [2.45, 2.75) is 44.8 Å². The van der Waals surface area contributed by atoms with Crippen LogP contribution in [0.4, 0.5) is 18.9 Å². The van der Waals surface area contributed by atoms with E-state index in [2.05, 4.69) is 15.0 Å². The number of nitrogens with zero attached hydrogens (tertiary/aromatic N) is 3. The van der Waals surface area contributed by atoms with Crippen LogP contribution in [-0.2, 0) is 16.1 Å². The molecular formula is C24H21F3N4O4. The molecule has 3 atom stereocenters. The van der Waals surface area contributed by atoms with Gasteiger partial charge in [-0.1, -0.05) is 6.07 Å². The molecule has 35 heavy (non-hydrogen) atoms. The third-order valence-electron chi connectivity index (χ3n) is 6.35. The second kappa shape index (κ2) is 8.40. The molecule has 2 aliphatic rings. The van der Waals surface area contributed by atoms with E-state index in [-0.39, 0.29) is 35.9 Å². The van der Waals surface area contributed by atoms with Crippen LogP contribution in [0.25, 0.3) is 11.0 Å². The van der Waals surface area contributed by atoms with Crippen LogP contribution in [-0.4, -0.2) is 50.5 Å². The predicted molar refractivity (Wildman–Crippen MR) is 119 cm³/mol. The molecule has 2 aromatic heterocycles. The zero-order valence-corrected chi connectivity index (χ0v) is 18.6. The van der Waals surface area contributed by atoms with Crippen molar-refractivity contribution in [1.29, 1.82) is 0 Å². The summed E-state index contributed by atoms with van der Waals surface area (Å²) in [6.45, 7) is 1.35. The lowest BCUT2D eigenvalue weighted by molar-refractivity contribution is -0.274. The minimum atomic E-state index is -4.85. The lowest BCUT2D eigenvalue weighted by atomic mass is 10.1. The van der Waals surface area contributed by atoms with Gasteiger partial charge in [0.15, 0.2) is 5.78 Å². The van der Waals surface area contributed by atoms with Gasteiger partial charge in [-0.3, -0.25) is 14.4 Å². The van der Waals surface area contributed by atoms with Crippen LogP contribution in [0.3, 0.4) is 0 Å². The highest BCUT2D eigenvalue weighted by Gasteiger charge is 2.56. The SMILES string of the molecule is CC(=O)c1cn(CC(=O)N2C3C[C@@H]3C[C@H]2C(=O)Nc2cccc(OC(F)(F)F)c2)c2ncccc12. The summed E-state index contributed by atoms with van der Waals surface area (Å²) in [7, 11) is 0. The maximum Gasteiger partial charge on any atom is 0.573 e. The van der Waals surface area contributed by atoms with E-state index in [1.807, 2.05) is 0 Å². The van der Waals surface area contributed by atoms with E-state index in [1.165, 1.54) is 19.1 Å². The lowest BCUT2D eigenvalue weighted by Gasteiger charge is -2.27. The molecular weight excluding hydrogens is 465 g/mol. The second-order valence-corrected chi connectivity index (χ2v) is 8.78. The number of Topliss-reactive ketones (excluding diaryl/α,β-unsaturated/α-hetero) is 1. The molecule has 1 aliphatic heterocycles. The quantitative estimate of drug-likeness (QED) is 0.536. The molecule has 3 heterocycles. The van der Waals surface area contributed by atoms with Gasteiger partial charge in [0.2, 0.25) is 11.8 Å². The van der Waals surface area contributed by atoms with Crippen molar-refractivity contribution in [2.24, 2.45) is 5.92 Å². The molecule has 0 radical (unpaired) electrons. The molecule has 3 aromatic rings. The highest BCUT2D eigenvalue weighted by Crippen LogP contribution is 2.48. The maximum absolute atomic E-state index is 13.3. The topological polar surface area (TPSA) is 93.5 Å². The van der Waals surface area contributed by atoms with Crippen LogP contribution in [0.2, 0.25) is 0 Å². The van der Waals surface area contributed by atoms with Crippen LogP contribution in [0.1, 0.15) is 30.1 Å². The van der Waals surface area contributed by atoms with Gasteiger partial charge in [0.25, 0.3) is 0 Å². The molecule has 1 aliphatic carbocycles. The number of aromatic nitrogens is 2. The molecule has 8 nitrogen and oxygen atoms in total. The third-order valence-corrected chi connectivity index (χ3v) is 6.35. The van der Waals surface area contributed by atoms with Crippen molar-refractivity contribution in [1.82, 2.24) is 14.5 Å². The van der Waals surface area contributed by atoms with Crippen LogP contribution in [0.15, 0.2) is 48.8 Å². The molecule has 1 saturated heterocycles. The van der Waals surface area contributed by atoms with E-state index in [0.717, 1.165) is 18.6 Å². The van der Waals surface area contributed by atoms with Gasteiger partial charge in [-0.2, -0.15) is 0 Å². The summed E-state index contributed by atoms with van der Waals surface area (Å²) >= 11 is 0. The van der Waals surface area contributed by atoms with E-state index in [0.29, 0.717) is 23.0 Å². The summed E-state index contributed by atoms with van der Waals surface area (Å²) < 4.78 is 43.1. The molecule has 1 saturated carbocycles. The van der Waals surface area contributed by atoms with Crippen molar-refractivity contribution in [2.75, 3.05) is 5.32 Å². The lowest BCUT2D eigenvalue weighted by Crippen LogP contribution is -2.46. The number of carbonyl (C=O) groups excluding carboxylic acids is 3. The van der Waals surface area contributed by atoms with Crippen LogP contribution >= 0.6 is 0 Å². The number of fused-ring (bicyclic) bond motifs is 2. The number of nitrogens with one attached hydrogen (secondary N) is 1. The monoisotopic (exact) mass is 486 g/mol. The normalized spacial score (nSPS) is 21.0. The Kier molecular flexibility index (Phi) is 5.49. The number of likely N-dealkylation sites (tertiary alicyclic amines) is 1. The molecule has 1 aromatic carbocycles. The molecule has 2 amide bonds. The van der Waals surface area contributed by atoms with Crippen LogP contribution in [0, 0.1) is 5.92 Å². The van der Waals surface area contributed by atoms with E-state index < -0.39 is 24.1 Å². The van der Waals surface area contributed by atoms with Gasteiger partial charge in [0.1, 0.15) is 24.0 Å². The molecule has 2 fully saturated rings. The Morgan fingerprint density at radius 1 is 1.17 bits per heavy atom. The number of ketones is 1. The van der Waals surface area contributed by atoms with Gasteiger partial charge >= 0.3 is 6.36 Å². The first-order valence-corrected chi connectivity index (χ1v) is 11.0. The van der Waals surface area contributed by atoms with E-state index in [9.17, 15) is 27.6 Å². The summed E-state index contributed by atoms with van der Waals surface area (Å²) in [5.74, 6) is -1.16. The van der Waals surface area contributed by atoms with E-state index in [4.69, 9.17) is 0 Å². The Hall–Kier alpha value is -3.89. The molecule has 1 N–H and O–H groups in total. The van der Waals surface area contributed by atoms with E-state index >= 15 is 0 Å². The van der Waals surface area contributed by atoms with Crippen LogP contribution in [0.5, 0.6) is 5.75 Å². The number of pyridine rings is 1. The second-order valence-electron chi connectivity index (χ2n) is 8.78. The minimum absolute atomic E-state index is 0.0554. The standard InChI is InChI=1S/C24H21F3N4O4/c1-13(32)18-11-30(22-17(18)6-3-7-28-22)12-21(33)31-19-8-14(19)9-20(31)23(34)29-15-4-2-5-16(10-15)35-24(25,26)27/h2-7,10-11,14,19-20H,8-9,12H2,1H3,(H,29,34)/t14-,19?,20+/m1/s1. The Balaban J connectivity index is 1.33. The fourth-order valence-corrected chi connectivity index (χ4v) is 4.80. The number of amides is 2. The number of alkyl halides is 3. The molecule has 0 spiro atoms. The average Bonchev–Trinajstić information content (AvgIpc) is 3.28. The highest BCUT2D eigenvalue weighted by molar-refractivity contribution is 6.06. The number of anilines is 1. The third kappa shape index (κ3) is 4.58. The fraction of sp³-hybridized carbons (Fsp3) is 0.333. The smallest absolute Gasteiger partial charge is 0.406 e. The maximum atomic E-state index is 13.3. The van der Waals surface area contributed by atoms with Crippen molar-refractivity contribution < 1.29 is 32.3 Å². The Bertz CT molecular complexity index is 1340. The van der Waals surface area contributed by atoms with E-state index in [1.54, 1.807) is 34.0 Å². The van der Waals surface area contributed by atoms with Crippen molar-refractivity contribution >= 4 is 34.3 Å². The predicted octanol–water partition coefficient (Wildman–Crippen LogP) is 3.77. The Morgan fingerprint density at radius 3 is 2.71 bits per heavy atom. The largest absolute Gasteiger partial charge is 0.573 e. The summed E-state index contributed by atoms with van der Waals surface area (Å²) in [6, 6.07) is 7.67. The molecule has 0 bridgehead atoms. The number of hydrogen-bond donors (Lipinski definition) is 1. The van der Waals surface area contributed by atoms with Gasteiger partial charge in [0.05, 0.1) is 0 Å². The zero-order chi connectivity index (χ0) is 24.9. The average molecular weight is 486 g/mol. The van der Waals surface area contributed by atoms with Crippen molar-refractivity contribution in [3.05, 3.63) is 54.4 Å². The number of carbonyl (C=O) groups is 3. The zero-order valence-electron chi connectivity index (χ0n) is 18.6. The first-order valence-electron chi connectivity index (χ1n) is 11.0. The van der Waals surface area contributed by atoms with Gasteiger partial charge in [-0.05, 0) is 49.9 Å². The fourth-order valence-electron chi connectivity index (χ4n) is 4.80. The van der Waals surface area contributed by atoms with Crippen LogP contribution < -0.4 is 10.1 Å². The summed E-state index contributed by atoms with van der Waals surface area (Å²) in [4.78, 5) is 44.2. The van der Waals surface area contributed by atoms with Gasteiger partial charge in [0, 0.05) is 41.1 Å². The molecule has 182 valence electrons. The minimum Gasteiger partial charge on any atom is -0.406 e. The first kappa shape index (κ1) is 22.9.